The molecule has 4 heteroatoms. The maximum Gasteiger partial charge on any atom is 0.230 e. The summed E-state index contributed by atoms with van der Waals surface area (Å²) in [4.78, 5) is 12.2. The summed E-state index contributed by atoms with van der Waals surface area (Å²) in [6.45, 7) is 4.63. The monoisotopic (exact) mass is 283 g/mol. The number of aliphatic hydroxyl groups excluding tert-OH is 1. The number of hydrogen-bond acceptors (Lipinski definition) is 2. The molecule has 0 radical (unpaired) electrons. The van der Waals surface area contributed by atoms with Gasteiger partial charge in [0.15, 0.2) is 0 Å². The Kier molecular flexibility index (Phi) is 6.32. The molecule has 0 saturated heterocycles. The second kappa shape index (κ2) is 7.51. The molecule has 0 heterocycles. The lowest BCUT2D eigenvalue weighted by atomic mass is 9.83. The van der Waals surface area contributed by atoms with Crippen molar-refractivity contribution in [3.63, 3.8) is 0 Å². The fraction of sp³-hybridized carbons (Fsp3) is 0.533. The van der Waals surface area contributed by atoms with Gasteiger partial charge < -0.3 is 10.4 Å². The van der Waals surface area contributed by atoms with Crippen LogP contribution in [0.15, 0.2) is 24.3 Å². The zero-order valence-corrected chi connectivity index (χ0v) is 12.3. The van der Waals surface area contributed by atoms with Crippen LogP contribution in [-0.2, 0) is 10.2 Å². The normalized spacial score (nSPS) is 11.4. The first-order valence-electron chi connectivity index (χ1n) is 6.63. The lowest BCUT2D eigenvalue weighted by Gasteiger charge is -2.24. The quantitative estimate of drug-likeness (QED) is 0.756. The van der Waals surface area contributed by atoms with E-state index in [0.29, 0.717) is 11.6 Å². The smallest absolute Gasteiger partial charge is 0.230 e. The van der Waals surface area contributed by atoms with Crippen molar-refractivity contribution in [1.29, 1.82) is 0 Å². The molecular formula is C15H22ClNO2. The lowest BCUT2D eigenvalue weighted by Crippen LogP contribution is -2.40. The molecule has 0 unspecified atom stereocenters. The summed E-state index contributed by atoms with van der Waals surface area (Å²) < 4.78 is 0. The van der Waals surface area contributed by atoms with Gasteiger partial charge in [0.1, 0.15) is 0 Å². The van der Waals surface area contributed by atoms with Crippen LogP contribution in [0.25, 0.3) is 0 Å². The van der Waals surface area contributed by atoms with Crippen molar-refractivity contribution in [2.24, 2.45) is 0 Å². The van der Waals surface area contributed by atoms with Gasteiger partial charge in [0.05, 0.1) is 5.41 Å². The highest BCUT2D eigenvalue weighted by Gasteiger charge is 2.29. The van der Waals surface area contributed by atoms with Crippen LogP contribution < -0.4 is 5.32 Å². The Bertz CT molecular complexity index is 418. The van der Waals surface area contributed by atoms with E-state index >= 15 is 0 Å². The highest BCUT2D eigenvalue weighted by Crippen LogP contribution is 2.25. The molecule has 0 saturated carbocycles. The van der Waals surface area contributed by atoms with Crippen LogP contribution in [0, 0.1) is 0 Å². The van der Waals surface area contributed by atoms with E-state index < -0.39 is 5.41 Å². The minimum Gasteiger partial charge on any atom is -0.396 e. The van der Waals surface area contributed by atoms with Gasteiger partial charge in [-0.1, -0.05) is 23.7 Å². The van der Waals surface area contributed by atoms with Crippen molar-refractivity contribution in [1.82, 2.24) is 5.32 Å². The number of halogens is 1. The van der Waals surface area contributed by atoms with Crippen LogP contribution in [-0.4, -0.2) is 24.2 Å². The summed E-state index contributed by atoms with van der Waals surface area (Å²) in [6, 6.07) is 7.39. The highest BCUT2D eigenvalue weighted by atomic mass is 35.5. The van der Waals surface area contributed by atoms with Crippen molar-refractivity contribution in [3.05, 3.63) is 34.9 Å². The van der Waals surface area contributed by atoms with Crippen LogP contribution >= 0.6 is 11.6 Å². The SMILES string of the molecule is CC(C)(C(=O)NCCCCCO)c1cccc(Cl)c1. The summed E-state index contributed by atoms with van der Waals surface area (Å²) in [7, 11) is 0. The second-order valence-electron chi connectivity index (χ2n) is 5.18. The standard InChI is InChI=1S/C15H22ClNO2/c1-15(2,12-7-6-8-13(16)11-12)14(19)17-9-4-3-5-10-18/h6-8,11,18H,3-5,9-10H2,1-2H3,(H,17,19). The van der Waals surface area contributed by atoms with Crippen LogP contribution in [0.5, 0.6) is 0 Å². The molecule has 0 spiro atoms. The molecule has 0 fully saturated rings. The third kappa shape index (κ3) is 4.84. The van der Waals surface area contributed by atoms with Crippen molar-refractivity contribution in [2.45, 2.75) is 38.5 Å². The van der Waals surface area contributed by atoms with Gasteiger partial charge in [0.25, 0.3) is 0 Å². The number of nitrogens with one attached hydrogen (secondary N) is 1. The molecule has 0 atom stereocenters. The van der Waals surface area contributed by atoms with E-state index in [0.717, 1.165) is 24.8 Å². The number of carbonyl (C=O) groups excluding carboxylic acids is 1. The molecule has 106 valence electrons. The van der Waals surface area contributed by atoms with E-state index in [-0.39, 0.29) is 12.5 Å². The average molecular weight is 284 g/mol. The zero-order valence-electron chi connectivity index (χ0n) is 11.6. The maximum absolute atomic E-state index is 12.2. The fourth-order valence-corrected chi connectivity index (χ4v) is 2.04. The van der Waals surface area contributed by atoms with Gasteiger partial charge in [-0.2, -0.15) is 0 Å². The molecule has 1 amide bonds. The van der Waals surface area contributed by atoms with Crippen molar-refractivity contribution < 1.29 is 9.90 Å². The molecule has 1 aromatic rings. The third-order valence-electron chi connectivity index (χ3n) is 3.23. The lowest BCUT2D eigenvalue weighted by molar-refractivity contribution is -0.125. The molecular weight excluding hydrogens is 262 g/mol. The number of amides is 1. The van der Waals surface area contributed by atoms with Crippen LogP contribution in [0.4, 0.5) is 0 Å². The highest BCUT2D eigenvalue weighted by molar-refractivity contribution is 6.30. The second-order valence-corrected chi connectivity index (χ2v) is 5.61. The topological polar surface area (TPSA) is 49.3 Å². The largest absolute Gasteiger partial charge is 0.396 e. The van der Waals surface area contributed by atoms with Crippen molar-refractivity contribution >= 4 is 17.5 Å². The Morgan fingerprint density at radius 3 is 2.68 bits per heavy atom. The first-order valence-corrected chi connectivity index (χ1v) is 7.01. The number of carbonyl (C=O) groups is 1. The van der Waals surface area contributed by atoms with Gasteiger partial charge in [-0.25, -0.2) is 0 Å². The van der Waals surface area contributed by atoms with Crippen molar-refractivity contribution in [2.75, 3.05) is 13.2 Å². The van der Waals surface area contributed by atoms with Crippen LogP contribution in [0.2, 0.25) is 5.02 Å². The average Bonchev–Trinajstić information content (AvgIpc) is 2.38. The van der Waals surface area contributed by atoms with E-state index in [9.17, 15) is 4.79 Å². The van der Waals surface area contributed by atoms with Gasteiger partial charge in [-0.15, -0.1) is 0 Å². The Morgan fingerprint density at radius 2 is 2.05 bits per heavy atom. The molecule has 19 heavy (non-hydrogen) atoms. The predicted molar refractivity (Wildman–Crippen MR) is 78.4 cm³/mol. The van der Waals surface area contributed by atoms with E-state index in [4.69, 9.17) is 16.7 Å². The van der Waals surface area contributed by atoms with E-state index in [1.54, 1.807) is 6.07 Å². The summed E-state index contributed by atoms with van der Waals surface area (Å²) in [5.41, 5.74) is 0.315. The van der Waals surface area contributed by atoms with Gasteiger partial charge in [-0.3, -0.25) is 4.79 Å². The van der Waals surface area contributed by atoms with E-state index in [1.807, 2.05) is 32.0 Å². The zero-order chi connectivity index (χ0) is 14.3. The summed E-state index contributed by atoms with van der Waals surface area (Å²) >= 11 is 5.96. The first kappa shape index (κ1) is 16.0. The minimum absolute atomic E-state index is 0.00114. The molecule has 0 aliphatic carbocycles. The number of rotatable bonds is 7. The third-order valence-corrected chi connectivity index (χ3v) is 3.47. The number of aliphatic hydroxyl groups is 1. The molecule has 1 aromatic carbocycles. The fourth-order valence-electron chi connectivity index (χ4n) is 1.84. The summed E-state index contributed by atoms with van der Waals surface area (Å²) in [6.07, 6.45) is 2.60. The first-order chi connectivity index (χ1) is 8.98. The predicted octanol–water partition coefficient (Wildman–Crippen LogP) is 2.90. The van der Waals surface area contributed by atoms with Crippen LogP contribution in [0.1, 0.15) is 38.7 Å². The number of benzene rings is 1. The molecule has 1 rings (SSSR count). The van der Waals surface area contributed by atoms with Gasteiger partial charge in [0.2, 0.25) is 5.91 Å². The molecule has 0 aromatic heterocycles. The van der Waals surface area contributed by atoms with Gasteiger partial charge in [-0.05, 0) is 50.8 Å². The molecule has 0 aliphatic heterocycles. The number of unbranched alkanes of at least 4 members (excludes halogenated alkanes) is 2. The van der Waals surface area contributed by atoms with Gasteiger partial charge >= 0.3 is 0 Å². The Labute approximate surface area is 120 Å². The van der Waals surface area contributed by atoms with Crippen LogP contribution in [0.3, 0.4) is 0 Å². The Balaban J connectivity index is 2.54. The van der Waals surface area contributed by atoms with E-state index in [2.05, 4.69) is 5.32 Å². The summed E-state index contributed by atoms with van der Waals surface area (Å²) in [5, 5.41) is 12.3. The maximum atomic E-state index is 12.2. The Hall–Kier alpha value is -1.06. The Morgan fingerprint density at radius 1 is 1.32 bits per heavy atom. The van der Waals surface area contributed by atoms with E-state index in [1.165, 1.54) is 0 Å². The molecule has 0 aliphatic rings. The molecule has 0 bridgehead atoms. The minimum atomic E-state index is -0.595. The molecule has 2 N–H and O–H groups in total. The van der Waals surface area contributed by atoms with Gasteiger partial charge in [0, 0.05) is 18.2 Å². The molecule has 3 nitrogen and oxygen atoms in total. The van der Waals surface area contributed by atoms with Crippen molar-refractivity contribution in [3.8, 4) is 0 Å². The summed E-state index contributed by atoms with van der Waals surface area (Å²) in [5.74, 6) is -0.00114. The number of hydrogen-bond donors (Lipinski definition) is 2.